The van der Waals surface area contributed by atoms with Crippen LogP contribution in [0.5, 0.6) is 0 Å². The van der Waals surface area contributed by atoms with Crippen LogP contribution in [0, 0.1) is 17.2 Å². The molecule has 1 aromatic rings. The molecule has 3 nitrogen and oxygen atoms in total. The molecule has 1 unspecified atom stereocenters. The van der Waals surface area contributed by atoms with Gasteiger partial charge in [0, 0.05) is 28.8 Å². The van der Waals surface area contributed by atoms with Gasteiger partial charge in [0.15, 0.2) is 0 Å². The number of benzene rings is 1. The van der Waals surface area contributed by atoms with Crippen LogP contribution in [0.2, 0.25) is 0 Å². The summed E-state index contributed by atoms with van der Waals surface area (Å²) < 4.78 is 1.04. The Balaban J connectivity index is 2.28. The average molecular weight is 310 g/mol. The van der Waals surface area contributed by atoms with Gasteiger partial charge in [-0.1, -0.05) is 29.8 Å². The van der Waals surface area contributed by atoms with E-state index in [0.717, 1.165) is 34.7 Å². The summed E-state index contributed by atoms with van der Waals surface area (Å²) in [4.78, 5) is 2.35. The van der Waals surface area contributed by atoms with Gasteiger partial charge >= 0.3 is 0 Å². The van der Waals surface area contributed by atoms with E-state index in [1.165, 1.54) is 6.42 Å². The van der Waals surface area contributed by atoms with Crippen LogP contribution in [0.25, 0.3) is 0 Å². The van der Waals surface area contributed by atoms with E-state index in [9.17, 15) is 0 Å². The van der Waals surface area contributed by atoms with Gasteiger partial charge < -0.3 is 10.6 Å². The van der Waals surface area contributed by atoms with Gasteiger partial charge in [-0.05, 0) is 36.5 Å². The molecule has 0 amide bonds. The number of nitrogen functional groups attached to an aromatic ring is 1. The molecule has 1 saturated heterocycles. The Kier molecular flexibility index (Phi) is 3.95. The number of anilines is 1. The van der Waals surface area contributed by atoms with Crippen LogP contribution < -0.4 is 10.6 Å². The Morgan fingerprint density at radius 3 is 2.78 bits per heavy atom. The molecule has 1 aromatic carbocycles. The molecular formula is C14H20BrN3. The zero-order valence-corrected chi connectivity index (χ0v) is 12.5. The summed E-state index contributed by atoms with van der Waals surface area (Å²) >= 11 is 3.50. The molecule has 0 aliphatic carbocycles. The van der Waals surface area contributed by atoms with E-state index in [1.54, 1.807) is 0 Å². The van der Waals surface area contributed by atoms with Crippen molar-refractivity contribution in [2.75, 3.05) is 18.0 Å². The number of rotatable bonds is 3. The minimum absolute atomic E-state index is 0.144. The molecule has 1 aliphatic rings. The number of halogens is 1. The highest BCUT2D eigenvalue weighted by molar-refractivity contribution is 9.10. The highest BCUT2D eigenvalue weighted by atomic mass is 79.9. The molecule has 3 N–H and O–H groups in total. The molecule has 0 saturated carbocycles. The lowest BCUT2D eigenvalue weighted by atomic mass is 9.95. The molecule has 18 heavy (non-hydrogen) atoms. The monoisotopic (exact) mass is 309 g/mol. The maximum Gasteiger partial charge on any atom is 0.124 e. The van der Waals surface area contributed by atoms with Gasteiger partial charge in [0.25, 0.3) is 0 Å². The molecule has 0 spiro atoms. The molecule has 0 radical (unpaired) electrons. The lowest BCUT2D eigenvalue weighted by Gasteiger charge is -2.23. The van der Waals surface area contributed by atoms with Crippen molar-refractivity contribution in [1.29, 1.82) is 5.41 Å². The van der Waals surface area contributed by atoms with E-state index in [0.29, 0.717) is 5.92 Å². The van der Waals surface area contributed by atoms with Gasteiger partial charge in [-0.2, -0.15) is 0 Å². The molecule has 98 valence electrons. The Morgan fingerprint density at radius 1 is 1.50 bits per heavy atom. The summed E-state index contributed by atoms with van der Waals surface area (Å²) in [6, 6.07) is 5.93. The molecule has 1 fully saturated rings. The van der Waals surface area contributed by atoms with E-state index < -0.39 is 0 Å². The van der Waals surface area contributed by atoms with Crippen molar-refractivity contribution in [3.63, 3.8) is 0 Å². The predicted molar refractivity (Wildman–Crippen MR) is 80.3 cm³/mol. The number of hydrogen-bond acceptors (Lipinski definition) is 2. The van der Waals surface area contributed by atoms with Crippen molar-refractivity contribution in [2.24, 2.45) is 17.6 Å². The van der Waals surface area contributed by atoms with Crippen LogP contribution in [-0.4, -0.2) is 18.9 Å². The Bertz CT molecular complexity index is 456. The van der Waals surface area contributed by atoms with Gasteiger partial charge in [-0.3, -0.25) is 5.41 Å². The molecule has 1 heterocycles. The maximum atomic E-state index is 7.68. The normalized spacial score (nSPS) is 19.6. The molecule has 1 atom stereocenters. The topological polar surface area (TPSA) is 53.1 Å². The van der Waals surface area contributed by atoms with Gasteiger partial charge in [0.05, 0.1) is 0 Å². The second kappa shape index (κ2) is 5.31. The largest absolute Gasteiger partial charge is 0.384 e. The fourth-order valence-electron chi connectivity index (χ4n) is 2.54. The van der Waals surface area contributed by atoms with E-state index in [2.05, 4.69) is 40.7 Å². The Morgan fingerprint density at radius 2 is 2.22 bits per heavy atom. The lowest BCUT2D eigenvalue weighted by molar-refractivity contribution is 0.423. The summed E-state index contributed by atoms with van der Waals surface area (Å²) in [7, 11) is 0. The Labute approximate surface area is 117 Å². The molecule has 1 aliphatic heterocycles. The van der Waals surface area contributed by atoms with Crippen LogP contribution in [0.1, 0.15) is 25.8 Å². The lowest BCUT2D eigenvalue weighted by Crippen LogP contribution is -2.25. The first kappa shape index (κ1) is 13.4. The van der Waals surface area contributed by atoms with Crippen molar-refractivity contribution < 1.29 is 0 Å². The van der Waals surface area contributed by atoms with E-state index in [4.69, 9.17) is 11.1 Å². The molecule has 0 bridgehead atoms. The maximum absolute atomic E-state index is 7.68. The van der Waals surface area contributed by atoms with Gasteiger partial charge in [0.1, 0.15) is 5.84 Å². The highest BCUT2D eigenvalue weighted by Crippen LogP contribution is 2.32. The average Bonchev–Trinajstić information content (AvgIpc) is 2.77. The fourth-order valence-corrected chi connectivity index (χ4v) is 2.89. The number of nitrogens with two attached hydrogens (primary N) is 1. The van der Waals surface area contributed by atoms with Crippen molar-refractivity contribution in [1.82, 2.24) is 0 Å². The third-order valence-corrected chi connectivity index (χ3v) is 4.25. The Hall–Kier alpha value is -1.03. The van der Waals surface area contributed by atoms with Crippen molar-refractivity contribution in [2.45, 2.75) is 20.3 Å². The highest BCUT2D eigenvalue weighted by Gasteiger charge is 2.26. The number of amidine groups is 1. The summed E-state index contributed by atoms with van der Waals surface area (Å²) in [5.74, 6) is 1.59. The minimum atomic E-state index is 0.144. The number of nitrogens with one attached hydrogen (secondary N) is 1. The van der Waals surface area contributed by atoms with Crippen molar-refractivity contribution >= 4 is 27.5 Å². The van der Waals surface area contributed by atoms with Crippen LogP contribution in [-0.2, 0) is 0 Å². The van der Waals surface area contributed by atoms with E-state index in [1.807, 2.05) is 12.1 Å². The van der Waals surface area contributed by atoms with Gasteiger partial charge in [0.2, 0.25) is 0 Å². The quantitative estimate of drug-likeness (QED) is 0.665. The van der Waals surface area contributed by atoms with Crippen LogP contribution in [0.4, 0.5) is 5.69 Å². The zero-order chi connectivity index (χ0) is 13.3. The van der Waals surface area contributed by atoms with E-state index in [-0.39, 0.29) is 5.84 Å². The molecular weight excluding hydrogens is 290 g/mol. The summed E-state index contributed by atoms with van der Waals surface area (Å²) in [6.07, 6.45) is 1.22. The standard InChI is InChI=1S/C14H20BrN3/c1-9(2)10-5-6-18(8-10)13-7-11(15)3-4-12(13)14(16)17/h3-4,7,9-10H,5-6,8H2,1-2H3,(H3,16,17). The van der Waals surface area contributed by atoms with Crippen molar-refractivity contribution in [3.05, 3.63) is 28.2 Å². The predicted octanol–water partition coefficient (Wildman–Crippen LogP) is 3.22. The first-order valence-corrected chi connectivity index (χ1v) is 7.17. The second-order valence-corrected chi connectivity index (χ2v) is 6.23. The van der Waals surface area contributed by atoms with Crippen LogP contribution >= 0.6 is 15.9 Å². The van der Waals surface area contributed by atoms with Crippen molar-refractivity contribution in [3.8, 4) is 0 Å². The number of nitrogens with zero attached hydrogens (tertiary/aromatic N) is 1. The van der Waals surface area contributed by atoms with Crippen LogP contribution in [0.3, 0.4) is 0 Å². The fraction of sp³-hybridized carbons (Fsp3) is 0.500. The van der Waals surface area contributed by atoms with Gasteiger partial charge in [-0.15, -0.1) is 0 Å². The first-order chi connectivity index (χ1) is 8.49. The number of hydrogen-bond donors (Lipinski definition) is 2. The first-order valence-electron chi connectivity index (χ1n) is 6.38. The summed E-state index contributed by atoms with van der Waals surface area (Å²) in [6.45, 7) is 6.68. The zero-order valence-electron chi connectivity index (χ0n) is 10.9. The third kappa shape index (κ3) is 2.69. The smallest absolute Gasteiger partial charge is 0.124 e. The third-order valence-electron chi connectivity index (χ3n) is 3.76. The van der Waals surface area contributed by atoms with Gasteiger partial charge in [-0.25, -0.2) is 0 Å². The summed E-state index contributed by atoms with van der Waals surface area (Å²) in [5, 5.41) is 7.68. The minimum Gasteiger partial charge on any atom is -0.384 e. The van der Waals surface area contributed by atoms with E-state index >= 15 is 0 Å². The second-order valence-electron chi connectivity index (χ2n) is 5.31. The molecule has 0 aromatic heterocycles. The SMILES string of the molecule is CC(C)C1CCN(c2cc(Br)ccc2C(=N)N)C1. The molecule has 2 rings (SSSR count). The molecule has 4 heteroatoms. The van der Waals surface area contributed by atoms with Crippen LogP contribution in [0.15, 0.2) is 22.7 Å². The summed E-state index contributed by atoms with van der Waals surface area (Å²) in [5.41, 5.74) is 7.59.